The number of hydrogen-bond acceptors (Lipinski definition) is 2. The van der Waals surface area contributed by atoms with Gasteiger partial charge < -0.3 is 11.1 Å². The van der Waals surface area contributed by atoms with Crippen LogP contribution < -0.4 is 11.1 Å². The van der Waals surface area contributed by atoms with Gasteiger partial charge in [0.1, 0.15) is 0 Å². The van der Waals surface area contributed by atoms with Gasteiger partial charge in [0.25, 0.3) is 5.91 Å². The lowest BCUT2D eigenvalue weighted by Crippen LogP contribution is -2.47. The highest BCUT2D eigenvalue weighted by atomic mass is 16.1. The molecule has 1 aromatic carbocycles. The summed E-state index contributed by atoms with van der Waals surface area (Å²) in [5.74, 6) is 5.83. The molecule has 0 fully saturated rings. The minimum atomic E-state index is -0.120. The lowest BCUT2D eigenvalue weighted by molar-refractivity contribution is 0.0888. The molecule has 0 bridgehead atoms. The van der Waals surface area contributed by atoms with E-state index in [2.05, 4.69) is 37.9 Å². The second kappa shape index (κ2) is 7.85. The van der Waals surface area contributed by atoms with Crippen molar-refractivity contribution in [3.8, 4) is 11.8 Å². The second-order valence-corrected chi connectivity index (χ2v) is 5.33. The van der Waals surface area contributed by atoms with Crippen LogP contribution in [-0.2, 0) is 0 Å². The minimum Gasteiger partial charge on any atom is -0.347 e. The Morgan fingerprint density at radius 2 is 1.86 bits per heavy atom. The predicted molar refractivity (Wildman–Crippen MR) is 88.2 cm³/mol. The molecule has 0 heterocycles. The highest BCUT2D eigenvalue weighted by Crippen LogP contribution is 2.20. The third-order valence-corrected chi connectivity index (χ3v) is 4.23. The standard InChI is InChI=1S/C18H26N2O/c1-5-18(6-2,7-3)20-17(21)16-11-10-14(4)15(13-16)9-8-12-19/h10-11,13H,5-7,12,19H2,1-4H3,(H,20,21). The topological polar surface area (TPSA) is 55.1 Å². The van der Waals surface area contributed by atoms with Crippen LogP contribution in [0.15, 0.2) is 18.2 Å². The van der Waals surface area contributed by atoms with E-state index in [1.165, 1.54) is 0 Å². The van der Waals surface area contributed by atoms with Crippen LogP contribution in [0.25, 0.3) is 0 Å². The first-order valence-electron chi connectivity index (χ1n) is 7.64. The summed E-state index contributed by atoms with van der Waals surface area (Å²) >= 11 is 0. The fourth-order valence-electron chi connectivity index (χ4n) is 2.37. The van der Waals surface area contributed by atoms with E-state index in [-0.39, 0.29) is 11.4 Å². The van der Waals surface area contributed by atoms with Crippen molar-refractivity contribution in [3.63, 3.8) is 0 Å². The van der Waals surface area contributed by atoms with Crippen LogP contribution in [0.3, 0.4) is 0 Å². The van der Waals surface area contributed by atoms with E-state index in [1.807, 2.05) is 25.1 Å². The van der Waals surface area contributed by atoms with E-state index in [1.54, 1.807) is 0 Å². The van der Waals surface area contributed by atoms with Crippen molar-refractivity contribution in [2.24, 2.45) is 5.73 Å². The largest absolute Gasteiger partial charge is 0.347 e. The molecule has 3 heteroatoms. The van der Waals surface area contributed by atoms with E-state index < -0.39 is 0 Å². The van der Waals surface area contributed by atoms with Crippen LogP contribution >= 0.6 is 0 Å². The Kier molecular flexibility index (Phi) is 6.45. The number of nitrogens with two attached hydrogens (primary N) is 1. The molecule has 21 heavy (non-hydrogen) atoms. The van der Waals surface area contributed by atoms with Gasteiger partial charge in [0, 0.05) is 16.7 Å². The summed E-state index contributed by atoms with van der Waals surface area (Å²) in [5, 5.41) is 3.19. The van der Waals surface area contributed by atoms with Gasteiger partial charge >= 0.3 is 0 Å². The van der Waals surface area contributed by atoms with Crippen molar-refractivity contribution in [2.45, 2.75) is 52.5 Å². The first kappa shape index (κ1) is 17.3. The van der Waals surface area contributed by atoms with Crippen molar-refractivity contribution in [1.29, 1.82) is 0 Å². The Morgan fingerprint density at radius 3 is 2.38 bits per heavy atom. The quantitative estimate of drug-likeness (QED) is 0.818. The summed E-state index contributed by atoms with van der Waals surface area (Å²) < 4.78 is 0. The van der Waals surface area contributed by atoms with Gasteiger partial charge in [0.2, 0.25) is 0 Å². The van der Waals surface area contributed by atoms with Gasteiger partial charge in [0.15, 0.2) is 0 Å². The van der Waals surface area contributed by atoms with Crippen LogP contribution in [0.1, 0.15) is 61.5 Å². The Labute approximate surface area is 128 Å². The zero-order valence-electron chi connectivity index (χ0n) is 13.5. The molecule has 0 aliphatic rings. The molecule has 3 N–H and O–H groups in total. The highest BCUT2D eigenvalue weighted by molar-refractivity contribution is 5.95. The number of nitrogens with one attached hydrogen (secondary N) is 1. The fourth-order valence-corrected chi connectivity index (χ4v) is 2.37. The first-order chi connectivity index (χ1) is 10.0. The van der Waals surface area contributed by atoms with Crippen LogP contribution in [-0.4, -0.2) is 18.0 Å². The fraction of sp³-hybridized carbons (Fsp3) is 0.500. The first-order valence-corrected chi connectivity index (χ1v) is 7.64. The molecule has 1 rings (SSSR count). The molecule has 0 aliphatic heterocycles. The third kappa shape index (κ3) is 4.34. The van der Waals surface area contributed by atoms with Crippen molar-refractivity contribution in [1.82, 2.24) is 5.32 Å². The molecular weight excluding hydrogens is 260 g/mol. The Morgan fingerprint density at radius 1 is 1.24 bits per heavy atom. The molecule has 114 valence electrons. The lowest BCUT2D eigenvalue weighted by Gasteiger charge is -2.31. The monoisotopic (exact) mass is 286 g/mol. The summed E-state index contributed by atoms with van der Waals surface area (Å²) in [6.07, 6.45) is 2.78. The molecule has 1 aromatic rings. The molecule has 0 aliphatic carbocycles. The average Bonchev–Trinajstić information content (AvgIpc) is 2.51. The van der Waals surface area contributed by atoms with Gasteiger partial charge in [-0.1, -0.05) is 38.7 Å². The van der Waals surface area contributed by atoms with Crippen molar-refractivity contribution >= 4 is 5.91 Å². The summed E-state index contributed by atoms with van der Waals surface area (Å²) in [5.41, 5.74) is 7.86. The van der Waals surface area contributed by atoms with Crippen LogP contribution in [0.5, 0.6) is 0 Å². The Hall–Kier alpha value is -1.79. The maximum Gasteiger partial charge on any atom is 0.251 e. The molecule has 0 aromatic heterocycles. The van der Waals surface area contributed by atoms with E-state index >= 15 is 0 Å². The number of amides is 1. The molecule has 1 amide bonds. The van der Waals surface area contributed by atoms with E-state index in [9.17, 15) is 4.79 Å². The Balaban J connectivity index is 3.03. The van der Waals surface area contributed by atoms with Crippen LogP contribution in [0.2, 0.25) is 0 Å². The number of rotatable bonds is 5. The second-order valence-electron chi connectivity index (χ2n) is 5.33. The van der Waals surface area contributed by atoms with Crippen molar-refractivity contribution in [3.05, 3.63) is 34.9 Å². The third-order valence-electron chi connectivity index (χ3n) is 4.23. The van der Waals surface area contributed by atoms with Gasteiger partial charge in [0.05, 0.1) is 6.54 Å². The van der Waals surface area contributed by atoms with Gasteiger partial charge in [-0.05, 0) is 43.9 Å². The molecule has 0 radical (unpaired) electrons. The lowest BCUT2D eigenvalue weighted by atomic mass is 9.89. The zero-order valence-corrected chi connectivity index (χ0v) is 13.5. The SMILES string of the molecule is CCC(CC)(CC)NC(=O)c1ccc(C)c(C#CCN)c1. The van der Waals surface area contributed by atoms with Crippen molar-refractivity contribution in [2.75, 3.05) is 6.54 Å². The van der Waals surface area contributed by atoms with E-state index in [0.717, 1.165) is 30.4 Å². The van der Waals surface area contributed by atoms with Crippen LogP contribution in [0, 0.1) is 18.8 Å². The maximum absolute atomic E-state index is 12.5. The summed E-state index contributed by atoms with van der Waals surface area (Å²) in [6, 6.07) is 5.63. The van der Waals surface area contributed by atoms with E-state index in [4.69, 9.17) is 5.73 Å². The average molecular weight is 286 g/mol. The van der Waals surface area contributed by atoms with Gasteiger partial charge in [-0.3, -0.25) is 4.79 Å². The van der Waals surface area contributed by atoms with Gasteiger partial charge in [-0.25, -0.2) is 0 Å². The number of benzene rings is 1. The summed E-state index contributed by atoms with van der Waals surface area (Å²) in [6.45, 7) is 8.64. The number of hydrogen-bond donors (Lipinski definition) is 2. The number of carbonyl (C=O) groups is 1. The number of carbonyl (C=O) groups excluding carboxylic acids is 1. The molecule has 0 saturated carbocycles. The van der Waals surface area contributed by atoms with Crippen LogP contribution in [0.4, 0.5) is 0 Å². The molecule has 0 unspecified atom stereocenters. The molecule has 3 nitrogen and oxygen atoms in total. The molecule has 0 atom stereocenters. The normalized spacial score (nSPS) is 10.7. The number of aryl methyl sites for hydroxylation is 1. The van der Waals surface area contributed by atoms with E-state index in [0.29, 0.717) is 12.1 Å². The van der Waals surface area contributed by atoms with Gasteiger partial charge in [-0.2, -0.15) is 0 Å². The highest BCUT2D eigenvalue weighted by Gasteiger charge is 2.26. The molecule has 0 saturated heterocycles. The zero-order chi connectivity index (χ0) is 15.9. The van der Waals surface area contributed by atoms with Gasteiger partial charge in [-0.15, -0.1) is 0 Å². The summed E-state index contributed by atoms with van der Waals surface area (Å²) in [7, 11) is 0. The maximum atomic E-state index is 12.5. The predicted octanol–water partition coefficient (Wildman–Crippen LogP) is 3.00. The summed E-state index contributed by atoms with van der Waals surface area (Å²) in [4.78, 5) is 12.5. The minimum absolute atomic E-state index is 0.0312. The Bertz CT molecular complexity index is 540. The molecular formula is C18H26N2O. The molecule has 0 spiro atoms. The van der Waals surface area contributed by atoms with Crippen molar-refractivity contribution < 1.29 is 4.79 Å². The smallest absolute Gasteiger partial charge is 0.251 e.